The van der Waals surface area contributed by atoms with Gasteiger partial charge in [0.2, 0.25) is 0 Å². The summed E-state index contributed by atoms with van der Waals surface area (Å²) < 4.78 is 0. The van der Waals surface area contributed by atoms with Crippen LogP contribution in [-0.2, 0) is 0 Å². The van der Waals surface area contributed by atoms with Crippen LogP contribution in [0.2, 0.25) is 5.02 Å². The molecule has 0 spiro atoms. The van der Waals surface area contributed by atoms with Crippen LogP contribution in [0, 0.1) is 6.92 Å². The Bertz CT molecular complexity index is 625. The van der Waals surface area contributed by atoms with Crippen molar-refractivity contribution in [2.24, 2.45) is 0 Å². The smallest absolute Gasteiger partial charge is 0.159 e. The van der Waals surface area contributed by atoms with Crippen molar-refractivity contribution in [3.8, 4) is 0 Å². The number of anilines is 4. The normalized spacial score (nSPS) is 10.5. The third-order valence-electron chi connectivity index (χ3n) is 3.45. The summed E-state index contributed by atoms with van der Waals surface area (Å²) in [6.07, 6.45) is 1.52. The zero-order chi connectivity index (χ0) is 15.4. The molecule has 0 amide bonds. The Morgan fingerprint density at radius 2 is 1.95 bits per heavy atom. The molecule has 6 heteroatoms. The van der Waals surface area contributed by atoms with E-state index in [1.165, 1.54) is 6.33 Å². The number of hydrogen-bond donors (Lipinski definition) is 2. The summed E-state index contributed by atoms with van der Waals surface area (Å²) in [4.78, 5) is 10.6. The first-order valence-corrected chi connectivity index (χ1v) is 7.33. The molecule has 0 fully saturated rings. The first-order chi connectivity index (χ1) is 10.1. The van der Waals surface area contributed by atoms with Gasteiger partial charge < -0.3 is 16.0 Å². The van der Waals surface area contributed by atoms with E-state index in [9.17, 15) is 0 Å². The average Bonchev–Trinajstić information content (AvgIpc) is 2.48. The maximum absolute atomic E-state index is 6.21. The van der Waals surface area contributed by atoms with E-state index in [2.05, 4.69) is 34.0 Å². The maximum atomic E-state index is 6.21. The van der Waals surface area contributed by atoms with Crippen molar-refractivity contribution in [2.75, 3.05) is 29.0 Å². The van der Waals surface area contributed by atoms with E-state index < -0.39 is 0 Å². The molecule has 0 saturated heterocycles. The topological polar surface area (TPSA) is 67.1 Å². The van der Waals surface area contributed by atoms with Gasteiger partial charge in [-0.25, -0.2) is 9.97 Å². The average molecular weight is 306 g/mol. The lowest BCUT2D eigenvalue weighted by Gasteiger charge is -2.22. The van der Waals surface area contributed by atoms with Crippen molar-refractivity contribution in [3.63, 3.8) is 0 Å². The molecule has 0 atom stereocenters. The zero-order valence-electron chi connectivity index (χ0n) is 12.5. The molecular formula is C15H20ClN5. The highest BCUT2D eigenvalue weighted by molar-refractivity contribution is 6.31. The van der Waals surface area contributed by atoms with Gasteiger partial charge in [0.25, 0.3) is 0 Å². The lowest BCUT2D eigenvalue weighted by molar-refractivity contribution is 0.844. The summed E-state index contributed by atoms with van der Waals surface area (Å²) in [5, 5.41) is 3.94. The lowest BCUT2D eigenvalue weighted by atomic mass is 10.2. The van der Waals surface area contributed by atoms with E-state index in [0.717, 1.165) is 30.2 Å². The van der Waals surface area contributed by atoms with Crippen LogP contribution in [0.25, 0.3) is 0 Å². The van der Waals surface area contributed by atoms with E-state index in [4.69, 9.17) is 17.3 Å². The molecule has 0 aliphatic rings. The molecular weight excluding hydrogens is 286 g/mol. The van der Waals surface area contributed by atoms with Crippen LogP contribution < -0.4 is 16.0 Å². The molecule has 0 radical (unpaired) electrons. The van der Waals surface area contributed by atoms with Crippen molar-refractivity contribution in [3.05, 3.63) is 35.1 Å². The van der Waals surface area contributed by atoms with Crippen LogP contribution in [-0.4, -0.2) is 23.1 Å². The van der Waals surface area contributed by atoms with Crippen molar-refractivity contribution < 1.29 is 0 Å². The predicted octanol–water partition coefficient (Wildman–Crippen LogP) is 3.61. The fourth-order valence-electron chi connectivity index (χ4n) is 2.13. The van der Waals surface area contributed by atoms with Crippen molar-refractivity contribution in [1.29, 1.82) is 0 Å². The third kappa shape index (κ3) is 3.19. The van der Waals surface area contributed by atoms with Gasteiger partial charge in [0, 0.05) is 23.8 Å². The SMILES string of the molecule is CCN(CC)c1ncnc(Nc2cccc(Cl)c2C)c1N. The van der Waals surface area contributed by atoms with Crippen LogP contribution >= 0.6 is 11.6 Å². The first-order valence-electron chi connectivity index (χ1n) is 6.96. The van der Waals surface area contributed by atoms with E-state index in [1.807, 2.05) is 25.1 Å². The van der Waals surface area contributed by atoms with Gasteiger partial charge in [-0.2, -0.15) is 0 Å². The molecule has 112 valence electrons. The highest BCUT2D eigenvalue weighted by atomic mass is 35.5. The second kappa shape index (κ2) is 6.63. The van der Waals surface area contributed by atoms with Crippen LogP contribution in [0.3, 0.4) is 0 Å². The molecule has 0 aliphatic heterocycles. The molecule has 0 saturated carbocycles. The van der Waals surface area contributed by atoms with Crippen LogP contribution in [0.5, 0.6) is 0 Å². The quantitative estimate of drug-likeness (QED) is 0.883. The highest BCUT2D eigenvalue weighted by Crippen LogP contribution is 2.31. The highest BCUT2D eigenvalue weighted by Gasteiger charge is 2.13. The molecule has 1 aromatic carbocycles. The lowest BCUT2D eigenvalue weighted by Crippen LogP contribution is -2.24. The maximum Gasteiger partial charge on any atom is 0.159 e. The number of halogens is 1. The Hall–Kier alpha value is -2.01. The number of nitrogens with two attached hydrogens (primary N) is 1. The van der Waals surface area contributed by atoms with Crippen LogP contribution in [0.4, 0.5) is 23.0 Å². The fourth-order valence-corrected chi connectivity index (χ4v) is 2.31. The predicted molar refractivity (Wildman–Crippen MR) is 89.5 cm³/mol. The van der Waals surface area contributed by atoms with Gasteiger partial charge in [-0.05, 0) is 38.5 Å². The fraction of sp³-hybridized carbons (Fsp3) is 0.333. The largest absolute Gasteiger partial charge is 0.393 e. The minimum atomic E-state index is 0.542. The number of nitrogen functional groups attached to an aromatic ring is 1. The van der Waals surface area contributed by atoms with Crippen LogP contribution in [0.1, 0.15) is 19.4 Å². The first kappa shape index (κ1) is 15.4. The molecule has 0 unspecified atom stereocenters. The Morgan fingerprint density at radius 1 is 1.24 bits per heavy atom. The third-order valence-corrected chi connectivity index (χ3v) is 3.86. The van der Waals surface area contributed by atoms with Gasteiger partial charge in [-0.3, -0.25) is 0 Å². The Kier molecular flexibility index (Phi) is 4.85. The number of hydrogen-bond acceptors (Lipinski definition) is 5. The number of aromatic nitrogens is 2. The number of nitrogens with one attached hydrogen (secondary N) is 1. The van der Waals surface area contributed by atoms with Gasteiger partial charge in [0.05, 0.1) is 0 Å². The van der Waals surface area contributed by atoms with E-state index >= 15 is 0 Å². The monoisotopic (exact) mass is 305 g/mol. The molecule has 1 aromatic heterocycles. The van der Waals surface area contributed by atoms with E-state index in [1.54, 1.807) is 0 Å². The summed E-state index contributed by atoms with van der Waals surface area (Å²) in [6.45, 7) is 7.77. The Balaban J connectivity index is 2.37. The van der Waals surface area contributed by atoms with Gasteiger partial charge in [0.15, 0.2) is 11.6 Å². The molecule has 5 nitrogen and oxygen atoms in total. The Morgan fingerprint density at radius 3 is 2.62 bits per heavy atom. The minimum Gasteiger partial charge on any atom is -0.393 e. The molecule has 2 aromatic rings. The summed E-state index contributed by atoms with van der Waals surface area (Å²) in [6, 6.07) is 5.69. The summed E-state index contributed by atoms with van der Waals surface area (Å²) in [5.74, 6) is 1.34. The van der Waals surface area contributed by atoms with Gasteiger partial charge in [-0.1, -0.05) is 17.7 Å². The zero-order valence-corrected chi connectivity index (χ0v) is 13.3. The minimum absolute atomic E-state index is 0.542. The summed E-state index contributed by atoms with van der Waals surface area (Å²) in [5.41, 5.74) is 8.60. The molecule has 1 heterocycles. The van der Waals surface area contributed by atoms with Crippen molar-refractivity contribution in [2.45, 2.75) is 20.8 Å². The number of nitrogens with zero attached hydrogens (tertiary/aromatic N) is 3. The van der Waals surface area contributed by atoms with Gasteiger partial charge >= 0.3 is 0 Å². The van der Waals surface area contributed by atoms with E-state index in [-0.39, 0.29) is 0 Å². The molecule has 0 aliphatic carbocycles. The van der Waals surface area contributed by atoms with Crippen LogP contribution in [0.15, 0.2) is 24.5 Å². The second-order valence-electron chi connectivity index (χ2n) is 4.67. The number of rotatable bonds is 5. The number of benzene rings is 1. The van der Waals surface area contributed by atoms with E-state index in [0.29, 0.717) is 16.5 Å². The molecule has 3 N–H and O–H groups in total. The van der Waals surface area contributed by atoms with Crippen molar-refractivity contribution in [1.82, 2.24) is 9.97 Å². The van der Waals surface area contributed by atoms with Gasteiger partial charge in [0.1, 0.15) is 12.0 Å². The molecule has 0 bridgehead atoms. The second-order valence-corrected chi connectivity index (χ2v) is 5.08. The van der Waals surface area contributed by atoms with Gasteiger partial charge in [-0.15, -0.1) is 0 Å². The molecule has 2 rings (SSSR count). The molecule has 21 heavy (non-hydrogen) atoms. The van der Waals surface area contributed by atoms with Crippen molar-refractivity contribution >= 4 is 34.6 Å². The standard InChI is InChI=1S/C15H20ClN5/c1-4-21(5-2)15-13(17)14(18-9-19-15)20-12-8-6-7-11(16)10(12)3/h6-9H,4-5,17H2,1-3H3,(H,18,19,20). The summed E-state index contributed by atoms with van der Waals surface area (Å²) in [7, 11) is 0. The summed E-state index contributed by atoms with van der Waals surface area (Å²) >= 11 is 6.13. The Labute approximate surface area is 130 Å².